The predicted molar refractivity (Wildman–Crippen MR) is 73.8 cm³/mol. The third kappa shape index (κ3) is 4.02. The molecule has 2 N–H and O–H groups in total. The normalized spacial score (nSPS) is 11.7. The van der Waals surface area contributed by atoms with Gasteiger partial charge >= 0.3 is 0 Å². The van der Waals surface area contributed by atoms with Crippen LogP contribution in [-0.2, 0) is 0 Å². The lowest BCUT2D eigenvalue weighted by molar-refractivity contribution is 0.664. The number of benzene rings is 1. The smallest absolute Gasteiger partial charge is 0.0410 e. The molecule has 3 heteroatoms. The second kappa shape index (κ2) is 6.37. The first kappa shape index (κ1) is 12.8. The molecule has 0 radical (unpaired) electrons. The molecule has 1 aromatic carbocycles. The van der Waals surface area contributed by atoms with Crippen molar-refractivity contribution < 1.29 is 0 Å². The Morgan fingerprint density at radius 1 is 1.53 bits per heavy atom. The van der Waals surface area contributed by atoms with Crippen LogP contribution in [-0.4, -0.2) is 0 Å². The zero-order chi connectivity index (χ0) is 11.3. The largest absolute Gasteiger partial charge is 0.324 e. The summed E-state index contributed by atoms with van der Waals surface area (Å²) in [6, 6.07) is 5.83. The average Bonchev–Trinajstić information content (AvgIpc) is 2.22. The molecule has 0 aliphatic heterocycles. The third-order valence-corrected chi connectivity index (χ3v) is 3.33. The van der Waals surface area contributed by atoms with E-state index < -0.39 is 0 Å². The van der Waals surface area contributed by atoms with Crippen molar-refractivity contribution in [2.24, 2.45) is 5.73 Å². The Bertz CT molecular complexity index is 392. The zero-order valence-corrected chi connectivity index (χ0v) is 11.5. The molecule has 0 heterocycles. The molecule has 1 nitrogen and oxygen atoms in total. The van der Waals surface area contributed by atoms with Gasteiger partial charge in [0.15, 0.2) is 0 Å². The first-order valence-electron chi connectivity index (χ1n) is 4.75. The van der Waals surface area contributed by atoms with Gasteiger partial charge in [0.2, 0.25) is 0 Å². The molecule has 1 rings (SSSR count). The highest BCUT2D eigenvalue weighted by molar-refractivity contribution is 14.1. The molecule has 0 aliphatic rings. The van der Waals surface area contributed by atoms with Crippen molar-refractivity contribution in [1.82, 2.24) is 0 Å². The highest BCUT2D eigenvalue weighted by Crippen LogP contribution is 2.24. The van der Waals surface area contributed by atoms with Crippen LogP contribution < -0.4 is 5.73 Å². The fourth-order valence-electron chi connectivity index (χ4n) is 1.31. The molecular weight excluding hydrogens is 320 g/mol. The molecular formula is C12H13ClIN. The standard InChI is InChI=1S/C12H13ClIN/c1-2-3-4-5-12(15)10-8-9(13)6-7-11(10)14/h6-8,12H,4-5,15H2,1H3. The summed E-state index contributed by atoms with van der Waals surface area (Å²) in [5.41, 5.74) is 7.19. The molecule has 80 valence electrons. The summed E-state index contributed by atoms with van der Waals surface area (Å²) in [5.74, 6) is 5.88. The summed E-state index contributed by atoms with van der Waals surface area (Å²) in [5, 5.41) is 0.738. The van der Waals surface area contributed by atoms with Crippen molar-refractivity contribution in [3.63, 3.8) is 0 Å². The topological polar surface area (TPSA) is 26.0 Å². The van der Waals surface area contributed by atoms with E-state index >= 15 is 0 Å². The molecule has 0 amide bonds. The molecule has 1 aromatic rings. The summed E-state index contributed by atoms with van der Waals surface area (Å²) in [4.78, 5) is 0. The van der Waals surface area contributed by atoms with Gasteiger partial charge in [0.05, 0.1) is 0 Å². The Hall–Kier alpha value is -0.240. The number of nitrogens with two attached hydrogens (primary N) is 1. The number of rotatable bonds is 3. The van der Waals surface area contributed by atoms with Gasteiger partial charge in [0, 0.05) is 21.1 Å². The van der Waals surface area contributed by atoms with Gasteiger partial charge in [-0.05, 0) is 59.7 Å². The van der Waals surface area contributed by atoms with E-state index in [9.17, 15) is 0 Å². The molecule has 0 saturated carbocycles. The number of hydrogen-bond acceptors (Lipinski definition) is 1. The highest BCUT2D eigenvalue weighted by Gasteiger charge is 2.09. The van der Waals surface area contributed by atoms with Gasteiger partial charge in [-0.1, -0.05) is 11.6 Å². The SMILES string of the molecule is CC#CCCC(N)c1cc(Cl)ccc1I. The van der Waals surface area contributed by atoms with Gasteiger partial charge in [-0.3, -0.25) is 0 Å². The fraction of sp³-hybridized carbons (Fsp3) is 0.333. The lowest BCUT2D eigenvalue weighted by Gasteiger charge is -2.12. The summed E-state index contributed by atoms with van der Waals surface area (Å²) in [7, 11) is 0. The van der Waals surface area contributed by atoms with E-state index in [0.717, 1.165) is 27.0 Å². The molecule has 0 spiro atoms. The summed E-state index contributed by atoms with van der Waals surface area (Å²) in [6.07, 6.45) is 1.71. The van der Waals surface area contributed by atoms with Crippen molar-refractivity contribution in [2.75, 3.05) is 0 Å². The second-order valence-corrected chi connectivity index (χ2v) is 4.84. The van der Waals surface area contributed by atoms with Gasteiger partial charge in [-0.25, -0.2) is 0 Å². The predicted octanol–water partition coefficient (Wildman–Crippen LogP) is 3.75. The van der Waals surface area contributed by atoms with Crippen LogP contribution in [0.15, 0.2) is 18.2 Å². The minimum Gasteiger partial charge on any atom is -0.324 e. The van der Waals surface area contributed by atoms with Gasteiger partial charge < -0.3 is 5.73 Å². The lowest BCUT2D eigenvalue weighted by atomic mass is 10.0. The van der Waals surface area contributed by atoms with E-state index in [2.05, 4.69) is 34.4 Å². The zero-order valence-electron chi connectivity index (χ0n) is 8.56. The first-order chi connectivity index (χ1) is 7.15. The molecule has 0 saturated heterocycles. The first-order valence-corrected chi connectivity index (χ1v) is 6.21. The van der Waals surface area contributed by atoms with Crippen molar-refractivity contribution in [2.45, 2.75) is 25.8 Å². The molecule has 0 aromatic heterocycles. The van der Waals surface area contributed by atoms with E-state index in [1.807, 2.05) is 25.1 Å². The summed E-state index contributed by atoms with van der Waals surface area (Å²) >= 11 is 8.21. The molecule has 15 heavy (non-hydrogen) atoms. The number of halogens is 2. The minimum absolute atomic E-state index is 0.0245. The van der Waals surface area contributed by atoms with Crippen molar-refractivity contribution in [3.8, 4) is 11.8 Å². The van der Waals surface area contributed by atoms with E-state index in [1.165, 1.54) is 0 Å². The highest BCUT2D eigenvalue weighted by atomic mass is 127. The van der Waals surface area contributed by atoms with E-state index in [4.69, 9.17) is 17.3 Å². The van der Waals surface area contributed by atoms with Crippen molar-refractivity contribution in [3.05, 3.63) is 32.4 Å². The summed E-state index contributed by atoms with van der Waals surface area (Å²) < 4.78 is 1.16. The Balaban J connectivity index is 2.74. The molecule has 1 unspecified atom stereocenters. The lowest BCUT2D eigenvalue weighted by Crippen LogP contribution is -2.11. The maximum atomic E-state index is 6.07. The molecule has 1 atom stereocenters. The van der Waals surface area contributed by atoms with Crippen molar-refractivity contribution >= 4 is 34.2 Å². The summed E-state index contributed by atoms with van der Waals surface area (Å²) in [6.45, 7) is 1.84. The van der Waals surface area contributed by atoms with Crippen LogP contribution in [0.5, 0.6) is 0 Å². The third-order valence-electron chi connectivity index (χ3n) is 2.11. The average molecular weight is 334 g/mol. The Labute approximate surface area is 110 Å². The van der Waals surface area contributed by atoms with Gasteiger partial charge in [0.25, 0.3) is 0 Å². The minimum atomic E-state index is 0.0245. The van der Waals surface area contributed by atoms with Gasteiger partial charge in [-0.15, -0.1) is 11.8 Å². The Kier molecular flexibility index (Phi) is 5.44. The quantitative estimate of drug-likeness (QED) is 0.662. The van der Waals surface area contributed by atoms with Gasteiger partial charge in [-0.2, -0.15) is 0 Å². The fourth-order valence-corrected chi connectivity index (χ4v) is 2.22. The molecule has 0 bridgehead atoms. The Morgan fingerprint density at radius 3 is 2.93 bits per heavy atom. The van der Waals surface area contributed by atoms with E-state index in [-0.39, 0.29) is 6.04 Å². The van der Waals surface area contributed by atoms with Crippen LogP contribution in [0.2, 0.25) is 5.02 Å². The van der Waals surface area contributed by atoms with Gasteiger partial charge in [0.1, 0.15) is 0 Å². The van der Waals surface area contributed by atoms with Crippen LogP contribution >= 0.6 is 34.2 Å². The van der Waals surface area contributed by atoms with E-state index in [1.54, 1.807) is 0 Å². The van der Waals surface area contributed by atoms with Crippen LogP contribution in [0.3, 0.4) is 0 Å². The monoisotopic (exact) mass is 333 g/mol. The van der Waals surface area contributed by atoms with Crippen LogP contribution in [0.1, 0.15) is 31.4 Å². The maximum Gasteiger partial charge on any atom is 0.0410 e. The van der Waals surface area contributed by atoms with Crippen LogP contribution in [0, 0.1) is 15.4 Å². The molecule has 0 fully saturated rings. The van der Waals surface area contributed by atoms with Crippen LogP contribution in [0.4, 0.5) is 0 Å². The second-order valence-electron chi connectivity index (χ2n) is 3.24. The van der Waals surface area contributed by atoms with E-state index in [0.29, 0.717) is 0 Å². The van der Waals surface area contributed by atoms with Crippen LogP contribution in [0.25, 0.3) is 0 Å². The Morgan fingerprint density at radius 2 is 2.27 bits per heavy atom. The maximum absolute atomic E-state index is 6.07. The number of hydrogen-bond donors (Lipinski definition) is 1. The molecule has 0 aliphatic carbocycles. The van der Waals surface area contributed by atoms with Crippen molar-refractivity contribution in [1.29, 1.82) is 0 Å².